The van der Waals surface area contributed by atoms with Crippen LogP contribution in [0.25, 0.3) is 11.1 Å². The summed E-state index contributed by atoms with van der Waals surface area (Å²) in [6, 6.07) is 14.2. The fourth-order valence-electron chi connectivity index (χ4n) is 6.39. The monoisotopic (exact) mass is 751 g/mol. The molecule has 2 saturated carbocycles. The number of benzene rings is 2. The molecule has 1 aliphatic heterocycles. The number of carbonyl (C=O) groups excluding carboxylic acids is 5. The number of amides is 5. The van der Waals surface area contributed by atoms with Crippen molar-refractivity contribution in [3.8, 4) is 11.1 Å². The van der Waals surface area contributed by atoms with Crippen LogP contribution >= 0.6 is 0 Å². The van der Waals surface area contributed by atoms with Crippen molar-refractivity contribution in [2.45, 2.75) is 102 Å². The highest BCUT2D eigenvalue weighted by molar-refractivity contribution is 7.91. The lowest BCUT2D eigenvalue weighted by molar-refractivity contribution is -0.143. The van der Waals surface area contributed by atoms with Gasteiger partial charge in [-0.25, -0.2) is 18.0 Å². The van der Waals surface area contributed by atoms with Crippen LogP contribution in [-0.4, -0.2) is 84.3 Å². The van der Waals surface area contributed by atoms with E-state index in [-0.39, 0.29) is 19.4 Å². The first-order valence-electron chi connectivity index (χ1n) is 17.7. The number of sulfonamides is 1. The minimum absolute atomic E-state index is 0.100. The Morgan fingerprint density at radius 3 is 2.17 bits per heavy atom. The zero-order chi connectivity index (χ0) is 38.9. The van der Waals surface area contributed by atoms with Gasteiger partial charge in [-0.15, -0.1) is 6.58 Å². The maximum atomic E-state index is 14.4. The van der Waals surface area contributed by atoms with Crippen molar-refractivity contribution < 1.29 is 41.9 Å². The molecule has 3 fully saturated rings. The first-order chi connectivity index (χ1) is 24.7. The van der Waals surface area contributed by atoms with Crippen LogP contribution in [-0.2, 0) is 33.9 Å². The van der Waals surface area contributed by atoms with Gasteiger partial charge in [0.25, 0.3) is 5.91 Å². The Kier molecular flexibility index (Phi) is 11.0. The molecule has 2 aliphatic carbocycles. The summed E-state index contributed by atoms with van der Waals surface area (Å²) in [5.74, 6) is -2.85. The zero-order valence-electron chi connectivity index (χ0n) is 30.9. The molecule has 4 N–H and O–H groups in total. The Balaban J connectivity index is 1.39. The molecule has 2 aromatic rings. The van der Waals surface area contributed by atoms with Gasteiger partial charge in [-0.1, -0.05) is 75.4 Å². The maximum Gasteiger partial charge on any atom is 0.411 e. The number of anilines is 1. The van der Waals surface area contributed by atoms with E-state index in [4.69, 9.17) is 9.47 Å². The highest BCUT2D eigenvalue weighted by Crippen LogP contribution is 2.45. The molecule has 0 radical (unpaired) electrons. The average molecular weight is 752 g/mol. The number of nitrogens with one attached hydrogen (secondary N) is 4. The van der Waals surface area contributed by atoms with Crippen LogP contribution in [0.2, 0.25) is 0 Å². The standard InChI is InChI=1S/C38H49N5O9S/c1-8-24-21-38(24,33(46)42-53(49,50)26-18-19-26)41-31(44)29-20-25(22-43(29)32(45)30(36(2,3)4)40-35(48)52-37(5,6)7)51-34(47)39-28-17-13-12-16-27(28)23-14-10-9-11-15-23/h8-17,24-26,29-30H,1,18-22H2,2-7H3,(H,39,47)(H,40,48)(H,41,44)(H,42,46)/t24?,25-,29+,30-,38-/m1/s1. The molecule has 2 aromatic carbocycles. The van der Waals surface area contributed by atoms with E-state index in [1.54, 1.807) is 53.7 Å². The molecule has 5 amide bonds. The smallest absolute Gasteiger partial charge is 0.411 e. The summed E-state index contributed by atoms with van der Waals surface area (Å²) in [7, 11) is -3.93. The second-order valence-electron chi connectivity index (χ2n) is 15.9. The van der Waals surface area contributed by atoms with Crippen LogP contribution < -0.4 is 20.7 Å². The van der Waals surface area contributed by atoms with Gasteiger partial charge in [-0.3, -0.25) is 24.4 Å². The summed E-state index contributed by atoms with van der Waals surface area (Å²) in [5.41, 5.74) is -1.23. The summed E-state index contributed by atoms with van der Waals surface area (Å²) in [5, 5.41) is 7.47. The van der Waals surface area contributed by atoms with E-state index in [0.717, 1.165) is 11.1 Å². The van der Waals surface area contributed by atoms with E-state index in [2.05, 4.69) is 27.3 Å². The third kappa shape index (κ3) is 9.36. The highest BCUT2D eigenvalue weighted by Gasteiger charge is 2.62. The second kappa shape index (κ2) is 14.8. The van der Waals surface area contributed by atoms with Crippen molar-refractivity contribution >= 4 is 45.6 Å². The van der Waals surface area contributed by atoms with Gasteiger partial charge in [0.05, 0.1) is 17.5 Å². The van der Waals surface area contributed by atoms with Gasteiger partial charge in [0.15, 0.2) is 0 Å². The molecule has 5 atom stereocenters. The van der Waals surface area contributed by atoms with Gasteiger partial charge >= 0.3 is 12.2 Å². The number of ether oxygens (including phenoxy) is 2. The van der Waals surface area contributed by atoms with Crippen LogP contribution in [0.15, 0.2) is 67.3 Å². The largest absolute Gasteiger partial charge is 0.444 e. The molecule has 15 heteroatoms. The number of nitrogens with zero attached hydrogens (tertiary/aromatic N) is 1. The SMILES string of the molecule is C=CC1C[C@]1(NC(=O)[C@@H]1C[C@@H](OC(=O)Nc2ccccc2-c2ccccc2)CN1C(=O)[C@@H](NC(=O)OC(C)(C)C)C(C)(C)C)C(=O)NS(=O)(=O)C1CC1. The van der Waals surface area contributed by atoms with Gasteiger partial charge in [-0.05, 0) is 57.1 Å². The van der Waals surface area contributed by atoms with Crippen molar-refractivity contribution in [2.24, 2.45) is 11.3 Å². The number of carbonyl (C=O) groups is 5. The van der Waals surface area contributed by atoms with E-state index in [9.17, 15) is 32.4 Å². The summed E-state index contributed by atoms with van der Waals surface area (Å²) in [4.78, 5) is 69.4. The van der Waals surface area contributed by atoms with Crippen molar-refractivity contribution in [2.75, 3.05) is 11.9 Å². The Bertz CT molecular complexity index is 1870. The van der Waals surface area contributed by atoms with Crippen molar-refractivity contribution in [3.63, 3.8) is 0 Å². The zero-order valence-corrected chi connectivity index (χ0v) is 31.7. The quantitative estimate of drug-likeness (QED) is 0.240. The minimum Gasteiger partial charge on any atom is -0.444 e. The van der Waals surface area contributed by atoms with E-state index >= 15 is 0 Å². The Hall–Kier alpha value is -4.92. The van der Waals surface area contributed by atoms with E-state index in [0.29, 0.717) is 18.5 Å². The Morgan fingerprint density at radius 2 is 1.58 bits per heavy atom. The molecule has 3 aliphatic rings. The summed E-state index contributed by atoms with van der Waals surface area (Å²) in [6.45, 7) is 13.8. The molecule has 14 nitrogen and oxygen atoms in total. The molecule has 1 heterocycles. The van der Waals surface area contributed by atoms with E-state index in [1.807, 2.05) is 42.5 Å². The lowest BCUT2D eigenvalue weighted by Gasteiger charge is -2.36. The molecule has 5 rings (SSSR count). The van der Waals surface area contributed by atoms with Gasteiger partial charge in [0.1, 0.15) is 29.3 Å². The minimum atomic E-state index is -3.93. The fourth-order valence-corrected chi connectivity index (χ4v) is 7.75. The van der Waals surface area contributed by atoms with Crippen molar-refractivity contribution in [1.29, 1.82) is 0 Å². The van der Waals surface area contributed by atoms with Gasteiger partial charge < -0.3 is 25.0 Å². The molecule has 1 unspecified atom stereocenters. The molecule has 53 heavy (non-hydrogen) atoms. The van der Waals surface area contributed by atoms with Crippen LogP contribution in [0.4, 0.5) is 15.3 Å². The third-order valence-electron chi connectivity index (χ3n) is 9.39. The number of likely N-dealkylation sites (tertiary alicyclic amines) is 1. The molecule has 1 saturated heterocycles. The summed E-state index contributed by atoms with van der Waals surface area (Å²) < 4.78 is 38.7. The maximum absolute atomic E-state index is 14.4. The third-order valence-corrected chi connectivity index (χ3v) is 11.2. The lowest BCUT2D eigenvalue weighted by atomic mass is 9.85. The van der Waals surface area contributed by atoms with Crippen LogP contribution in [0, 0.1) is 11.3 Å². The Morgan fingerprint density at radius 1 is 0.943 bits per heavy atom. The average Bonchev–Trinajstić information content (AvgIpc) is 3.99. The van der Waals surface area contributed by atoms with Crippen LogP contribution in [0.3, 0.4) is 0 Å². The number of hydrogen-bond donors (Lipinski definition) is 4. The molecule has 286 valence electrons. The number of rotatable bonds is 11. The molecule has 0 spiro atoms. The van der Waals surface area contributed by atoms with Gasteiger partial charge in [0.2, 0.25) is 21.8 Å². The van der Waals surface area contributed by atoms with Gasteiger partial charge in [-0.2, -0.15) is 0 Å². The van der Waals surface area contributed by atoms with E-state index < -0.39 is 85.8 Å². The molecular formula is C38H49N5O9S. The van der Waals surface area contributed by atoms with Crippen molar-refractivity contribution in [1.82, 2.24) is 20.3 Å². The van der Waals surface area contributed by atoms with E-state index in [1.165, 1.54) is 11.0 Å². The lowest BCUT2D eigenvalue weighted by Crippen LogP contribution is -2.60. The fraction of sp³-hybridized carbons (Fsp3) is 0.500. The normalized spacial score (nSPS) is 23.2. The summed E-state index contributed by atoms with van der Waals surface area (Å²) >= 11 is 0. The Labute approximate surface area is 310 Å². The van der Waals surface area contributed by atoms with Crippen molar-refractivity contribution in [3.05, 3.63) is 67.3 Å². The second-order valence-corrected chi connectivity index (χ2v) is 17.9. The molecule has 0 bridgehead atoms. The highest BCUT2D eigenvalue weighted by atomic mass is 32.2. The first kappa shape index (κ1) is 39.3. The first-order valence-corrected chi connectivity index (χ1v) is 19.2. The summed E-state index contributed by atoms with van der Waals surface area (Å²) in [6.07, 6.45) is -0.346. The number of para-hydroxylation sites is 1. The predicted octanol–water partition coefficient (Wildman–Crippen LogP) is 4.48. The topological polar surface area (TPSA) is 189 Å². The molecule has 0 aromatic heterocycles. The number of alkyl carbamates (subject to hydrolysis) is 1. The number of hydrogen-bond acceptors (Lipinski definition) is 9. The van der Waals surface area contributed by atoms with Crippen LogP contribution in [0.5, 0.6) is 0 Å². The predicted molar refractivity (Wildman–Crippen MR) is 198 cm³/mol. The van der Waals surface area contributed by atoms with Gasteiger partial charge in [0, 0.05) is 17.9 Å². The van der Waals surface area contributed by atoms with Crippen LogP contribution in [0.1, 0.15) is 67.2 Å². The molecular weight excluding hydrogens is 703 g/mol.